The summed E-state index contributed by atoms with van der Waals surface area (Å²) in [5.41, 5.74) is 3.73. The molecule has 1 aromatic rings. The number of aromatic nitrogens is 1. The summed E-state index contributed by atoms with van der Waals surface area (Å²) in [7, 11) is 1.97. The predicted molar refractivity (Wildman–Crippen MR) is 71.4 cm³/mol. The van der Waals surface area contributed by atoms with E-state index in [1.807, 2.05) is 7.05 Å². The van der Waals surface area contributed by atoms with Crippen molar-refractivity contribution in [1.82, 2.24) is 10.3 Å². The zero-order valence-corrected chi connectivity index (χ0v) is 11.0. The summed E-state index contributed by atoms with van der Waals surface area (Å²) >= 11 is 0. The van der Waals surface area contributed by atoms with Gasteiger partial charge in [0.05, 0.1) is 12.3 Å². The fourth-order valence-corrected chi connectivity index (χ4v) is 2.31. The van der Waals surface area contributed by atoms with E-state index in [-0.39, 0.29) is 1.43 Å². The van der Waals surface area contributed by atoms with Gasteiger partial charge in [-0.25, -0.2) is 0 Å². The second kappa shape index (κ2) is 5.61. The van der Waals surface area contributed by atoms with Crippen LogP contribution in [-0.4, -0.2) is 25.2 Å². The van der Waals surface area contributed by atoms with E-state index in [0.29, 0.717) is 11.8 Å². The van der Waals surface area contributed by atoms with Crippen molar-refractivity contribution in [3.8, 4) is 0 Å². The van der Waals surface area contributed by atoms with E-state index in [1.165, 1.54) is 17.0 Å². The SMILES string of the molecule is CNCc1nc(C(C)C)ccc1[C@@H]1CCOC1.[HH]. The normalized spacial score (nSPS) is 20.1. The van der Waals surface area contributed by atoms with Crippen molar-refractivity contribution in [3.63, 3.8) is 0 Å². The van der Waals surface area contributed by atoms with Crippen LogP contribution in [-0.2, 0) is 11.3 Å². The van der Waals surface area contributed by atoms with Gasteiger partial charge >= 0.3 is 0 Å². The van der Waals surface area contributed by atoms with Crippen LogP contribution in [0.4, 0.5) is 0 Å². The van der Waals surface area contributed by atoms with E-state index < -0.39 is 0 Å². The molecule has 1 fully saturated rings. The van der Waals surface area contributed by atoms with Crippen LogP contribution in [0.5, 0.6) is 0 Å². The first kappa shape index (κ1) is 12.5. The highest BCUT2D eigenvalue weighted by molar-refractivity contribution is 5.28. The second-order valence-electron chi connectivity index (χ2n) is 5.02. The highest BCUT2D eigenvalue weighted by Crippen LogP contribution is 2.28. The molecule has 3 heteroatoms. The molecule has 2 heterocycles. The van der Waals surface area contributed by atoms with E-state index >= 15 is 0 Å². The number of nitrogens with one attached hydrogen (secondary N) is 1. The number of ether oxygens (including phenoxy) is 1. The fourth-order valence-electron chi connectivity index (χ4n) is 2.31. The van der Waals surface area contributed by atoms with Crippen LogP contribution >= 0.6 is 0 Å². The molecule has 0 aliphatic carbocycles. The van der Waals surface area contributed by atoms with Crippen molar-refractivity contribution in [1.29, 1.82) is 0 Å². The topological polar surface area (TPSA) is 34.2 Å². The van der Waals surface area contributed by atoms with Gasteiger partial charge < -0.3 is 10.1 Å². The van der Waals surface area contributed by atoms with E-state index in [4.69, 9.17) is 9.72 Å². The first-order chi connectivity index (χ1) is 8.22. The summed E-state index contributed by atoms with van der Waals surface area (Å²) in [5.74, 6) is 1.02. The van der Waals surface area contributed by atoms with Gasteiger partial charge in [-0.05, 0) is 31.0 Å². The van der Waals surface area contributed by atoms with Crippen molar-refractivity contribution >= 4 is 0 Å². The lowest BCUT2D eigenvalue weighted by atomic mass is 9.95. The lowest BCUT2D eigenvalue weighted by Crippen LogP contribution is -2.14. The molecule has 0 amide bonds. The summed E-state index contributed by atoms with van der Waals surface area (Å²) in [5, 5.41) is 3.21. The molecule has 1 saturated heterocycles. The molecule has 2 rings (SSSR count). The van der Waals surface area contributed by atoms with E-state index in [1.54, 1.807) is 0 Å². The number of hydrogen-bond donors (Lipinski definition) is 1. The number of nitrogens with zero attached hydrogens (tertiary/aromatic N) is 1. The van der Waals surface area contributed by atoms with Crippen molar-refractivity contribution in [2.75, 3.05) is 20.3 Å². The van der Waals surface area contributed by atoms with Crippen LogP contribution in [0.2, 0.25) is 0 Å². The average molecular weight is 236 g/mol. The van der Waals surface area contributed by atoms with Gasteiger partial charge in [-0.1, -0.05) is 19.9 Å². The maximum absolute atomic E-state index is 5.47. The van der Waals surface area contributed by atoms with Crippen LogP contribution in [0, 0.1) is 0 Å². The monoisotopic (exact) mass is 236 g/mol. The van der Waals surface area contributed by atoms with Crippen LogP contribution in [0.1, 0.15) is 50.5 Å². The predicted octanol–water partition coefficient (Wildman–Crippen LogP) is 2.67. The molecule has 0 aromatic carbocycles. The summed E-state index contributed by atoms with van der Waals surface area (Å²) < 4.78 is 5.47. The number of hydrogen-bond acceptors (Lipinski definition) is 3. The van der Waals surface area contributed by atoms with Gasteiger partial charge in [0, 0.05) is 26.2 Å². The van der Waals surface area contributed by atoms with E-state index in [2.05, 4.69) is 31.3 Å². The van der Waals surface area contributed by atoms with Gasteiger partial charge in [-0.3, -0.25) is 4.98 Å². The molecule has 17 heavy (non-hydrogen) atoms. The summed E-state index contributed by atoms with van der Waals surface area (Å²) in [6, 6.07) is 4.41. The van der Waals surface area contributed by atoms with Gasteiger partial charge in [0.25, 0.3) is 0 Å². The first-order valence-electron chi connectivity index (χ1n) is 6.44. The fraction of sp³-hybridized carbons (Fsp3) is 0.643. The third kappa shape index (κ3) is 2.85. The Bertz CT molecular complexity index is 376. The van der Waals surface area contributed by atoms with E-state index in [9.17, 15) is 0 Å². The Hall–Kier alpha value is -0.930. The molecule has 0 radical (unpaired) electrons. The molecule has 1 aliphatic heterocycles. The van der Waals surface area contributed by atoms with E-state index in [0.717, 1.165) is 26.2 Å². The quantitative estimate of drug-likeness (QED) is 0.872. The van der Waals surface area contributed by atoms with Gasteiger partial charge in [0.15, 0.2) is 0 Å². The third-order valence-corrected chi connectivity index (χ3v) is 3.34. The molecular weight excluding hydrogens is 212 g/mol. The largest absolute Gasteiger partial charge is 0.381 e. The lowest BCUT2D eigenvalue weighted by molar-refractivity contribution is 0.193. The van der Waals surface area contributed by atoms with Crippen LogP contribution in [0.15, 0.2) is 12.1 Å². The Morgan fingerprint density at radius 2 is 2.35 bits per heavy atom. The summed E-state index contributed by atoms with van der Waals surface area (Å²) in [4.78, 5) is 4.79. The maximum atomic E-state index is 5.47. The molecule has 0 saturated carbocycles. The van der Waals surface area contributed by atoms with Crippen molar-refractivity contribution in [2.24, 2.45) is 0 Å². The van der Waals surface area contributed by atoms with Crippen LogP contribution in [0.3, 0.4) is 0 Å². The Kier molecular flexibility index (Phi) is 4.13. The maximum Gasteiger partial charge on any atom is 0.0580 e. The Morgan fingerprint density at radius 1 is 1.53 bits per heavy atom. The Morgan fingerprint density at radius 3 is 2.94 bits per heavy atom. The van der Waals surface area contributed by atoms with Gasteiger partial charge in [0.2, 0.25) is 0 Å². The highest BCUT2D eigenvalue weighted by atomic mass is 16.5. The molecule has 0 bridgehead atoms. The smallest absolute Gasteiger partial charge is 0.0580 e. The molecule has 1 atom stereocenters. The van der Waals surface area contributed by atoms with Gasteiger partial charge in [0.1, 0.15) is 0 Å². The first-order valence-corrected chi connectivity index (χ1v) is 6.44. The minimum absolute atomic E-state index is 0. The van der Waals surface area contributed by atoms with Crippen LogP contribution in [0.25, 0.3) is 0 Å². The highest BCUT2D eigenvalue weighted by Gasteiger charge is 2.21. The molecule has 3 nitrogen and oxygen atoms in total. The molecule has 1 aliphatic rings. The second-order valence-corrected chi connectivity index (χ2v) is 5.02. The number of pyridine rings is 1. The van der Waals surface area contributed by atoms with Crippen molar-refractivity contribution in [3.05, 3.63) is 29.1 Å². The Labute approximate surface area is 105 Å². The Balaban J connectivity index is 0.00000162. The zero-order chi connectivity index (χ0) is 12.3. The third-order valence-electron chi connectivity index (χ3n) is 3.34. The zero-order valence-electron chi connectivity index (χ0n) is 11.0. The number of rotatable bonds is 4. The average Bonchev–Trinajstić information content (AvgIpc) is 2.82. The molecule has 1 N–H and O–H groups in total. The lowest BCUT2D eigenvalue weighted by Gasteiger charge is -2.16. The minimum Gasteiger partial charge on any atom is -0.381 e. The molecule has 0 unspecified atom stereocenters. The minimum atomic E-state index is 0. The molecule has 0 spiro atoms. The van der Waals surface area contributed by atoms with Gasteiger partial charge in [-0.15, -0.1) is 0 Å². The standard InChI is InChI=1S/C14H22N2O.H2/c1-10(2)13-5-4-12(11-6-7-17-9-11)14(16-13)8-15-3;/h4-5,10-11,15H,6-9H2,1-3H3;1H/t11-;/m1./s1. The molecule has 1 aromatic heterocycles. The van der Waals surface area contributed by atoms with Crippen LogP contribution < -0.4 is 5.32 Å². The van der Waals surface area contributed by atoms with Gasteiger partial charge in [-0.2, -0.15) is 0 Å². The molecular formula is C14H24N2O. The van der Waals surface area contributed by atoms with Crippen molar-refractivity contribution in [2.45, 2.75) is 38.6 Å². The summed E-state index contributed by atoms with van der Waals surface area (Å²) in [6.07, 6.45) is 1.12. The molecule has 96 valence electrons. The summed E-state index contributed by atoms with van der Waals surface area (Å²) in [6.45, 7) is 6.94. The van der Waals surface area contributed by atoms with Crippen molar-refractivity contribution < 1.29 is 6.16 Å².